The highest BCUT2D eigenvalue weighted by molar-refractivity contribution is 9.10. The Bertz CT molecular complexity index is 312. The fraction of sp³-hybridized carbons (Fsp3) is 0.444. The molecule has 0 saturated carbocycles. The summed E-state index contributed by atoms with van der Waals surface area (Å²) in [5.74, 6) is -0.465. The molecular weight excluding hydrogens is 237 g/mol. The van der Waals surface area contributed by atoms with Crippen LogP contribution < -0.4 is 0 Å². The van der Waals surface area contributed by atoms with E-state index < -0.39 is 5.95 Å². The fourth-order valence-electron chi connectivity index (χ4n) is 1.42. The van der Waals surface area contributed by atoms with Crippen LogP contribution in [0.15, 0.2) is 16.6 Å². The molecule has 0 aliphatic carbocycles. The number of nitrogens with zero attached hydrogens (tertiary/aromatic N) is 1. The van der Waals surface area contributed by atoms with Crippen molar-refractivity contribution in [3.63, 3.8) is 0 Å². The number of hydrogen-bond acceptors (Lipinski definition) is 2. The molecule has 1 aliphatic rings. The molecular formula is C9H9BrFNO. The Balaban J connectivity index is 2.25. The first kappa shape index (κ1) is 9.09. The molecule has 0 amide bonds. The second-order valence-corrected chi connectivity index (χ2v) is 3.86. The summed E-state index contributed by atoms with van der Waals surface area (Å²) in [5.41, 5.74) is 0.693. The van der Waals surface area contributed by atoms with Gasteiger partial charge in [0.2, 0.25) is 5.95 Å². The van der Waals surface area contributed by atoms with Gasteiger partial charge in [-0.15, -0.1) is 0 Å². The third-order valence-electron chi connectivity index (χ3n) is 2.08. The number of aromatic nitrogens is 1. The summed E-state index contributed by atoms with van der Waals surface area (Å²) >= 11 is 3.06. The largest absolute Gasteiger partial charge is 0.372 e. The second-order valence-electron chi connectivity index (χ2n) is 3.01. The molecule has 2 rings (SSSR count). The van der Waals surface area contributed by atoms with Gasteiger partial charge < -0.3 is 4.74 Å². The topological polar surface area (TPSA) is 22.1 Å². The lowest BCUT2D eigenvalue weighted by Crippen LogP contribution is -2.00. The molecule has 0 bridgehead atoms. The summed E-state index contributed by atoms with van der Waals surface area (Å²) in [6, 6.07) is 3.46. The first-order chi connectivity index (χ1) is 6.27. The van der Waals surface area contributed by atoms with E-state index in [2.05, 4.69) is 20.9 Å². The lowest BCUT2D eigenvalue weighted by Gasteiger charge is -2.08. The van der Waals surface area contributed by atoms with E-state index >= 15 is 0 Å². The number of hydrogen-bond donors (Lipinski definition) is 0. The molecule has 1 aromatic heterocycles. The minimum atomic E-state index is -0.465. The monoisotopic (exact) mass is 245 g/mol. The van der Waals surface area contributed by atoms with Gasteiger partial charge in [0.1, 0.15) is 0 Å². The molecule has 2 heterocycles. The van der Waals surface area contributed by atoms with Crippen molar-refractivity contribution in [3.8, 4) is 0 Å². The van der Waals surface area contributed by atoms with Gasteiger partial charge in [0.15, 0.2) is 0 Å². The Labute approximate surface area is 84.3 Å². The van der Waals surface area contributed by atoms with Gasteiger partial charge in [-0.2, -0.15) is 4.39 Å². The first-order valence-corrected chi connectivity index (χ1v) is 5.00. The molecule has 1 saturated heterocycles. The minimum absolute atomic E-state index is 0.0115. The van der Waals surface area contributed by atoms with Crippen molar-refractivity contribution in [3.05, 3.63) is 28.2 Å². The molecule has 1 fully saturated rings. The van der Waals surface area contributed by atoms with Gasteiger partial charge in [-0.3, -0.25) is 0 Å². The van der Waals surface area contributed by atoms with E-state index in [-0.39, 0.29) is 6.10 Å². The average Bonchev–Trinajstić information content (AvgIpc) is 2.62. The van der Waals surface area contributed by atoms with Crippen LogP contribution in [0.1, 0.15) is 24.6 Å². The Kier molecular flexibility index (Phi) is 2.60. The van der Waals surface area contributed by atoms with Crippen molar-refractivity contribution in [2.24, 2.45) is 0 Å². The number of pyridine rings is 1. The van der Waals surface area contributed by atoms with E-state index in [0.717, 1.165) is 19.4 Å². The molecule has 2 nitrogen and oxygen atoms in total. The zero-order valence-corrected chi connectivity index (χ0v) is 8.55. The molecule has 70 valence electrons. The molecule has 1 atom stereocenters. The molecule has 0 radical (unpaired) electrons. The SMILES string of the molecule is Fc1nc(C2CCCO2)ccc1Br. The zero-order chi connectivity index (χ0) is 9.26. The minimum Gasteiger partial charge on any atom is -0.372 e. The van der Waals surface area contributed by atoms with Crippen LogP contribution in [0.2, 0.25) is 0 Å². The highest BCUT2D eigenvalue weighted by Crippen LogP contribution is 2.28. The van der Waals surface area contributed by atoms with E-state index in [0.29, 0.717) is 10.2 Å². The fourth-order valence-corrected chi connectivity index (χ4v) is 1.64. The normalized spacial score (nSPS) is 22.2. The molecule has 4 heteroatoms. The predicted molar refractivity (Wildman–Crippen MR) is 49.8 cm³/mol. The maximum atomic E-state index is 13.0. The van der Waals surface area contributed by atoms with Crippen molar-refractivity contribution >= 4 is 15.9 Å². The first-order valence-electron chi connectivity index (χ1n) is 4.21. The lowest BCUT2D eigenvalue weighted by atomic mass is 10.2. The summed E-state index contributed by atoms with van der Waals surface area (Å²) < 4.78 is 18.8. The van der Waals surface area contributed by atoms with Crippen LogP contribution in [0, 0.1) is 5.95 Å². The third-order valence-corrected chi connectivity index (χ3v) is 2.68. The second kappa shape index (κ2) is 3.72. The van der Waals surface area contributed by atoms with Gasteiger partial charge in [-0.05, 0) is 40.9 Å². The standard InChI is InChI=1S/C9H9BrFNO/c10-6-3-4-7(12-9(6)11)8-2-1-5-13-8/h3-4,8H,1-2,5H2. The molecule has 1 aromatic rings. The zero-order valence-electron chi connectivity index (χ0n) is 6.96. The van der Waals surface area contributed by atoms with Gasteiger partial charge >= 0.3 is 0 Å². The van der Waals surface area contributed by atoms with Crippen LogP contribution in [-0.4, -0.2) is 11.6 Å². The highest BCUT2D eigenvalue weighted by Gasteiger charge is 2.19. The van der Waals surface area contributed by atoms with Crippen LogP contribution in [0.4, 0.5) is 4.39 Å². The van der Waals surface area contributed by atoms with Gasteiger partial charge in [-0.25, -0.2) is 4.98 Å². The lowest BCUT2D eigenvalue weighted by molar-refractivity contribution is 0.108. The highest BCUT2D eigenvalue weighted by atomic mass is 79.9. The van der Waals surface area contributed by atoms with Crippen molar-refractivity contribution in [1.29, 1.82) is 0 Å². The van der Waals surface area contributed by atoms with Gasteiger partial charge in [0.05, 0.1) is 16.3 Å². The van der Waals surface area contributed by atoms with Crippen molar-refractivity contribution in [1.82, 2.24) is 4.98 Å². The van der Waals surface area contributed by atoms with E-state index in [1.807, 2.05) is 0 Å². The summed E-state index contributed by atoms with van der Waals surface area (Å²) in [7, 11) is 0. The van der Waals surface area contributed by atoms with Crippen LogP contribution in [-0.2, 0) is 4.74 Å². The van der Waals surface area contributed by atoms with E-state index in [4.69, 9.17) is 4.74 Å². The van der Waals surface area contributed by atoms with Crippen LogP contribution in [0.5, 0.6) is 0 Å². The third kappa shape index (κ3) is 1.89. The van der Waals surface area contributed by atoms with E-state index in [1.54, 1.807) is 12.1 Å². The molecule has 0 spiro atoms. The summed E-state index contributed by atoms with van der Waals surface area (Å²) in [6.45, 7) is 0.754. The number of halogens is 2. The summed E-state index contributed by atoms with van der Waals surface area (Å²) in [6.07, 6.45) is 1.96. The van der Waals surface area contributed by atoms with E-state index in [1.165, 1.54) is 0 Å². The smallest absolute Gasteiger partial charge is 0.227 e. The Morgan fingerprint density at radius 1 is 1.54 bits per heavy atom. The molecule has 1 unspecified atom stereocenters. The molecule has 0 N–H and O–H groups in total. The van der Waals surface area contributed by atoms with Crippen LogP contribution in [0.3, 0.4) is 0 Å². The molecule has 1 aliphatic heterocycles. The maximum Gasteiger partial charge on any atom is 0.227 e. The summed E-state index contributed by atoms with van der Waals surface area (Å²) in [5, 5.41) is 0. The Morgan fingerprint density at radius 2 is 2.38 bits per heavy atom. The summed E-state index contributed by atoms with van der Waals surface area (Å²) in [4.78, 5) is 3.82. The quantitative estimate of drug-likeness (QED) is 0.711. The van der Waals surface area contributed by atoms with Gasteiger partial charge in [-0.1, -0.05) is 0 Å². The Hall–Kier alpha value is -0.480. The van der Waals surface area contributed by atoms with Crippen molar-refractivity contribution in [2.75, 3.05) is 6.61 Å². The van der Waals surface area contributed by atoms with Crippen LogP contribution in [0.25, 0.3) is 0 Å². The number of rotatable bonds is 1. The maximum absolute atomic E-state index is 13.0. The van der Waals surface area contributed by atoms with Gasteiger partial charge in [0.25, 0.3) is 0 Å². The number of ether oxygens (including phenoxy) is 1. The van der Waals surface area contributed by atoms with Crippen LogP contribution >= 0.6 is 15.9 Å². The van der Waals surface area contributed by atoms with Crippen molar-refractivity contribution < 1.29 is 9.13 Å². The van der Waals surface area contributed by atoms with Crippen molar-refractivity contribution in [2.45, 2.75) is 18.9 Å². The van der Waals surface area contributed by atoms with Gasteiger partial charge in [0, 0.05) is 6.61 Å². The van der Waals surface area contributed by atoms with E-state index in [9.17, 15) is 4.39 Å². The predicted octanol–water partition coefficient (Wildman–Crippen LogP) is 2.83. The molecule has 13 heavy (non-hydrogen) atoms. The average molecular weight is 246 g/mol. The Morgan fingerprint density at radius 3 is 3.00 bits per heavy atom. The molecule has 0 aromatic carbocycles.